The molecule has 37 heavy (non-hydrogen) atoms. The van der Waals surface area contributed by atoms with Crippen LogP contribution in [0.5, 0.6) is 11.5 Å². The number of aromatic amines is 1. The van der Waals surface area contributed by atoms with E-state index in [-0.39, 0.29) is 29.4 Å². The maximum atomic E-state index is 13.3. The molecule has 1 amide bonds. The van der Waals surface area contributed by atoms with Crippen LogP contribution < -0.4 is 4.74 Å². The normalized spacial score (nSPS) is 17.0. The molecule has 7 nitrogen and oxygen atoms in total. The number of halogens is 1. The number of aliphatic hydroxyl groups excluding tert-OH is 1. The molecular formula is C29H25BrN2O5. The maximum absolute atomic E-state index is 13.3. The second-order valence-corrected chi connectivity index (χ2v) is 9.68. The Hall–Kier alpha value is -4.04. The third-order valence-electron chi connectivity index (χ3n) is 6.55. The Labute approximate surface area is 222 Å². The molecular weight excluding hydrogens is 536 g/mol. The number of carbonyl (C=O) groups is 2. The van der Waals surface area contributed by atoms with E-state index >= 15 is 0 Å². The second-order valence-electron chi connectivity index (χ2n) is 8.77. The predicted molar refractivity (Wildman–Crippen MR) is 144 cm³/mol. The molecule has 3 N–H and O–H groups in total. The van der Waals surface area contributed by atoms with Crippen molar-refractivity contribution in [2.45, 2.75) is 19.4 Å². The van der Waals surface area contributed by atoms with Crippen LogP contribution in [0.1, 0.15) is 29.7 Å². The molecule has 188 valence electrons. The largest absolute Gasteiger partial charge is 0.507 e. The van der Waals surface area contributed by atoms with Gasteiger partial charge in [-0.15, -0.1) is 0 Å². The lowest BCUT2D eigenvalue weighted by Crippen LogP contribution is -2.31. The Kier molecular flexibility index (Phi) is 6.76. The van der Waals surface area contributed by atoms with E-state index in [1.807, 2.05) is 30.5 Å². The zero-order valence-corrected chi connectivity index (χ0v) is 21.7. The van der Waals surface area contributed by atoms with Gasteiger partial charge in [0.25, 0.3) is 11.7 Å². The molecule has 3 aromatic carbocycles. The summed E-state index contributed by atoms with van der Waals surface area (Å²) in [7, 11) is 0. The summed E-state index contributed by atoms with van der Waals surface area (Å²) in [6.07, 6.45) is 2.41. The molecule has 0 radical (unpaired) electrons. The van der Waals surface area contributed by atoms with Crippen LogP contribution in [0.2, 0.25) is 0 Å². The number of H-pyrrole nitrogens is 1. The van der Waals surface area contributed by atoms with Crippen LogP contribution in [0, 0.1) is 0 Å². The van der Waals surface area contributed by atoms with Crippen molar-refractivity contribution in [1.82, 2.24) is 9.88 Å². The molecule has 0 bridgehead atoms. The van der Waals surface area contributed by atoms with E-state index in [2.05, 4.69) is 20.9 Å². The summed E-state index contributed by atoms with van der Waals surface area (Å²) in [5, 5.41) is 22.5. The molecule has 2 heterocycles. The van der Waals surface area contributed by atoms with Crippen molar-refractivity contribution in [3.63, 3.8) is 0 Å². The summed E-state index contributed by atoms with van der Waals surface area (Å²) in [6.45, 7) is 2.38. The molecule has 1 fully saturated rings. The Morgan fingerprint density at radius 2 is 1.84 bits per heavy atom. The van der Waals surface area contributed by atoms with Crippen LogP contribution >= 0.6 is 15.9 Å². The van der Waals surface area contributed by atoms with Gasteiger partial charge in [0.05, 0.1) is 18.2 Å². The average molecular weight is 561 g/mol. The number of ketones is 1. The molecule has 1 aliphatic rings. The van der Waals surface area contributed by atoms with E-state index in [9.17, 15) is 19.8 Å². The topological polar surface area (TPSA) is 103 Å². The number of aromatic nitrogens is 1. The number of rotatable bonds is 7. The maximum Gasteiger partial charge on any atom is 0.295 e. The highest BCUT2D eigenvalue weighted by Crippen LogP contribution is 2.42. The number of benzene rings is 3. The number of hydrogen-bond donors (Lipinski definition) is 3. The number of carbonyl (C=O) groups excluding carboxylic acids is 2. The van der Waals surface area contributed by atoms with Crippen LogP contribution in [0.25, 0.3) is 16.7 Å². The molecule has 1 atom stereocenters. The van der Waals surface area contributed by atoms with Gasteiger partial charge in [-0.3, -0.25) is 9.59 Å². The number of phenolic OH excluding ortho intramolecular Hbond substituents is 1. The third-order valence-corrected chi connectivity index (χ3v) is 7.08. The number of ether oxygens (including phenoxy) is 1. The van der Waals surface area contributed by atoms with Gasteiger partial charge in [0.15, 0.2) is 11.5 Å². The van der Waals surface area contributed by atoms with Crippen molar-refractivity contribution < 1.29 is 24.5 Å². The SMILES string of the molecule is CCOc1cc([C@@H]2C(=C(O)c3ccc(Br)cc3)C(=O)C(=O)N2CCc2c[nH]c3ccccc23)ccc1O. The van der Waals surface area contributed by atoms with Gasteiger partial charge in [-0.05, 0) is 54.8 Å². The number of aliphatic hydroxyl groups is 1. The first kappa shape index (κ1) is 24.6. The van der Waals surface area contributed by atoms with Crippen molar-refractivity contribution in [1.29, 1.82) is 0 Å². The Morgan fingerprint density at radius 1 is 1.08 bits per heavy atom. The lowest BCUT2D eigenvalue weighted by atomic mass is 9.95. The lowest BCUT2D eigenvalue weighted by Gasteiger charge is -2.26. The number of para-hydroxylation sites is 1. The van der Waals surface area contributed by atoms with E-state index in [1.165, 1.54) is 11.0 Å². The molecule has 1 saturated heterocycles. The van der Waals surface area contributed by atoms with Crippen LogP contribution in [0.15, 0.2) is 83.0 Å². The molecule has 8 heteroatoms. The lowest BCUT2D eigenvalue weighted by molar-refractivity contribution is -0.139. The summed E-state index contributed by atoms with van der Waals surface area (Å²) in [6, 6.07) is 18.6. The zero-order valence-electron chi connectivity index (χ0n) is 20.1. The first-order chi connectivity index (χ1) is 17.9. The molecule has 0 unspecified atom stereocenters. The number of aromatic hydroxyl groups is 1. The number of fused-ring (bicyclic) bond motifs is 1. The minimum absolute atomic E-state index is 0.000567. The molecule has 1 aromatic heterocycles. The van der Waals surface area contributed by atoms with Gasteiger partial charge in [-0.25, -0.2) is 0 Å². The molecule has 1 aliphatic heterocycles. The Balaban J connectivity index is 1.59. The number of nitrogens with zero attached hydrogens (tertiary/aromatic N) is 1. The van der Waals surface area contributed by atoms with Gasteiger partial charge in [0.2, 0.25) is 0 Å². The Bertz CT molecular complexity index is 1520. The fourth-order valence-electron chi connectivity index (χ4n) is 4.77. The number of amides is 1. The van der Waals surface area contributed by atoms with Crippen molar-refractivity contribution in [3.05, 3.63) is 99.7 Å². The molecule has 4 aromatic rings. The zero-order chi connectivity index (χ0) is 26.1. The minimum Gasteiger partial charge on any atom is -0.507 e. The highest BCUT2D eigenvalue weighted by Gasteiger charge is 2.46. The highest BCUT2D eigenvalue weighted by molar-refractivity contribution is 9.10. The van der Waals surface area contributed by atoms with E-state index in [0.29, 0.717) is 24.2 Å². The molecule has 0 aliphatic carbocycles. The smallest absolute Gasteiger partial charge is 0.295 e. The summed E-state index contributed by atoms with van der Waals surface area (Å²) in [5.74, 6) is -1.50. The van der Waals surface area contributed by atoms with E-state index in [0.717, 1.165) is 20.9 Å². The summed E-state index contributed by atoms with van der Waals surface area (Å²) < 4.78 is 6.38. The van der Waals surface area contributed by atoms with Crippen molar-refractivity contribution in [2.75, 3.05) is 13.2 Å². The monoisotopic (exact) mass is 560 g/mol. The van der Waals surface area contributed by atoms with Gasteiger partial charge in [-0.2, -0.15) is 0 Å². The van der Waals surface area contributed by atoms with Gasteiger partial charge < -0.3 is 24.8 Å². The fraction of sp³-hybridized carbons (Fsp3) is 0.172. The molecule has 0 saturated carbocycles. The van der Waals surface area contributed by atoms with E-state index in [1.54, 1.807) is 43.3 Å². The predicted octanol–water partition coefficient (Wildman–Crippen LogP) is 5.70. The number of Topliss-reactive ketones (excluding diaryl/α,β-unsaturated/α-hetero) is 1. The van der Waals surface area contributed by atoms with Gasteiger partial charge in [-0.1, -0.05) is 52.3 Å². The number of nitrogens with one attached hydrogen (secondary N) is 1. The summed E-state index contributed by atoms with van der Waals surface area (Å²) in [4.78, 5) is 31.4. The van der Waals surface area contributed by atoms with Gasteiger partial charge in [0.1, 0.15) is 5.76 Å². The van der Waals surface area contributed by atoms with E-state index in [4.69, 9.17) is 4.74 Å². The highest BCUT2D eigenvalue weighted by atomic mass is 79.9. The standard InChI is InChI=1S/C29H25BrN2O5/c1-2-37-24-15-18(9-12-23(24)33)26-25(27(34)17-7-10-20(30)11-8-17)28(35)29(36)32(26)14-13-19-16-31-22-6-4-3-5-21(19)22/h3-12,15-16,26,31,33-34H,2,13-14H2,1H3/t26-/m1/s1. The first-order valence-electron chi connectivity index (χ1n) is 11.9. The summed E-state index contributed by atoms with van der Waals surface area (Å²) >= 11 is 3.38. The number of phenols is 1. The number of likely N-dealkylation sites (tertiary alicyclic amines) is 1. The van der Waals surface area contributed by atoms with Crippen LogP contribution in [0.3, 0.4) is 0 Å². The third kappa shape index (κ3) is 4.60. The molecule has 0 spiro atoms. The van der Waals surface area contributed by atoms with Crippen molar-refractivity contribution in [3.8, 4) is 11.5 Å². The fourth-order valence-corrected chi connectivity index (χ4v) is 5.04. The number of hydrogen-bond acceptors (Lipinski definition) is 5. The average Bonchev–Trinajstić information content (AvgIpc) is 3.42. The van der Waals surface area contributed by atoms with Gasteiger partial charge >= 0.3 is 0 Å². The molecule has 5 rings (SSSR count). The van der Waals surface area contributed by atoms with Crippen LogP contribution in [-0.2, 0) is 16.0 Å². The van der Waals surface area contributed by atoms with Gasteiger partial charge in [0, 0.05) is 33.7 Å². The van der Waals surface area contributed by atoms with E-state index < -0.39 is 17.7 Å². The quantitative estimate of drug-likeness (QED) is 0.153. The second kappa shape index (κ2) is 10.1. The van der Waals surface area contributed by atoms with Crippen LogP contribution in [-0.4, -0.2) is 44.9 Å². The minimum atomic E-state index is -0.853. The van der Waals surface area contributed by atoms with Crippen molar-refractivity contribution in [2.24, 2.45) is 0 Å². The summed E-state index contributed by atoms with van der Waals surface area (Å²) in [5.41, 5.74) is 2.99. The van der Waals surface area contributed by atoms with Crippen LogP contribution in [0.4, 0.5) is 0 Å². The Morgan fingerprint density at radius 3 is 2.59 bits per heavy atom. The van der Waals surface area contributed by atoms with Crippen molar-refractivity contribution >= 4 is 44.3 Å². The first-order valence-corrected chi connectivity index (χ1v) is 12.7.